The van der Waals surface area contributed by atoms with E-state index in [1.54, 1.807) is 0 Å². The van der Waals surface area contributed by atoms with E-state index in [-0.39, 0.29) is 0 Å². The molecule has 0 aliphatic carbocycles. The first-order valence-electron chi connectivity index (χ1n) is 12.3. The zero-order valence-electron chi connectivity index (χ0n) is 19.7. The lowest BCUT2D eigenvalue weighted by Gasteiger charge is -2.15. The third-order valence-corrected chi connectivity index (χ3v) is 7.08. The van der Waals surface area contributed by atoms with Crippen LogP contribution in [0.5, 0.6) is 0 Å². The van der Waals surface area contributed by atoms with Crippen LogP contribution in [-0.2, 0) is 0 Å². The van der Waals surface area contributed by atoms with E-state index >= 15 is 0 Å². The Labute approximate surface area is 210 Å². The smallest absolute Gasteiger partial charge is 0.0708 e. The number of benzene rings is 6. The van der Waals surface area contributed by atoms with Crippen molar-refractivity contribution in [3.05, 3.63) is 140 Å². The normalized spacial score (nSPS) is 11.3. The number of hydrogen-bond donors (Lipinski definition) is 0. The summed E-state index contributed by atoms with van der Waals surface area (Å²) in [5, 5.41) is 6.21. The highest BCUT2D eigenvalue weighted by Crippen LogP contribution is 2.40. The molecule has 36 heavy (non-hydrogen) atoms. The number of fused-ring (bicyclic) bond motifs is 5. The summed E-state index contributed by atoms with van der Waals surface area (Å²) in [7, 11) is 0. The van der Waals surface area contributed by atoms with Crippen LogP contribution in [0.3, 0.4) is 0 Å². The molecule has 1 nitrogen and oxygen atoms in total. The Bertz CT molecular complexity index is 1810. The van der Waals surface area contributed by atoms with Crippen LogP contribution in [0.4, 0.5) is 0 Å². The number of hydrogen-bond acceptors (Lipinski definition) is 1. The van der Waals surface area contributed by atoms with E-state index in [1.165, 1.54) is 60.3 Å². The van der Waals surface area contributed by atoms with Crippen molar-refractivity contribution in [2.24, 2.45) is 0 Å². The Morgan fingerprint density at radius 2 is 0.889 bits per heavy atom. The largest absolute Gasteiger partial charge is 0.256 e. The van der Waals surface area contributed by atoms with Gasteiger partial charge in [0.15, 0.2) is 0 Å². The fourth-order valence-corrected chi connectivity index (χ4v) is 5.36. The van der Waals surface area contributed by atoms with Gasteiger partial charge in [0.2, 0.25) is 0 Å². The maximum Gasteiger partial charge on any atom is 0.0708 e. The average molecular weight is 458 g/mol. The van der Waals surface area contributed by atoms with Crippen LogP contribution in [0.15, 0.2) is 140 Å². The van der Waals surface area contributed by atoms with Crippen LogP contribution in [0.25, 0.3) is 65.8 Å². The topological polar surface area (TPSA) is 12.9 Å². The van der Waals surface area contributed by atoms with E-state index in [0.717, 1.165) is 5.52 Å². The molecule has 0 aliphatic heterocycles. The van der Waals surface area contributed by atoms with Crippen LogP contribution in [0, 0.1) is 0 Å². The van der Waals surface area contributed by atoms with Crippen molar-refractivity contribution in [3.63, 3.8) is 0 Å². The van der Waals surface area contributed by atoms with Gasteiger partial charge in [-0.05, 0) is 91.3 Å². The van der Waals surface area contributed by atoms with Gasteiger partial charge in [-0.25, -0.2) is 0 Å². The van der Waals surface area contributed by atoms with Crippen molar-refractivity contribution >= 4 is 32.4 Å². The summed E-state index contributed by atoms with van der Waals surface area (Å²) in [6.07, 6.45) is 1.87. The molecule has 7 aromatic rings. The van der Waals surface area contributed by atoms with Gasteiger partial charge in [-0.3, -0.25) is 4.98 Å². The highest BCUT2D eigenvalue weighted by molar-refractivity contribution is 6.20. The van der Waals surface area contributed by atoms with Gasteiger partial charge in [0.25, 0.3) is 0 Å². The summed E-state index contributed by atoms with van der Waals surface area (Å²) in [4.78, 5) is 4.62. The Balaban J connectivity index is 1.58. The van der Waals surface area contributed by atoms with Gasteiger partial charge in [-0.1, -0.05) is 97.1 Å². The molecule has 0 saturated heterocycles. The lowest BCUT2D eigenvalue weighted by atomic mass is 9.88. The molecule has 0 unspecified atom stereocenters. The van der Waals surface area contributed by atoms with Gasteiger partial charge in [-0.15, -0.1) is 0 Å². The molecule has 0 fully saturated rings. The number of rotatable bonds is 3. The lowest BCUT2D eigenvalue weighted by molar-refractivity contribution is 1.42. The Morgan fingerprint density at radius 1 is 0.333 bits per heavy atom. The van der Waals surface area contributed by atoms with E-state index in [4.69, 9.17) is 0 Å². The van der Waals surface area contributed by atoms with Gasteiger partial charge in [0.05, 0.1) is 5.52 Å². The third-order valence-electron chi connectivity index (χ3n) is 7.08. The zero-order valence-corrected chi connectivity index (χ0v) is 19.7. The fourth-order valence-electron chi connectivity index (χ4n) is 5.36. The summed E-state index contributed by atoms with van der Waals surface area (Å²) < 4.78 is 0. The molecule has 0 saturated carbocycles. The van der Waals surface area contributed by atoms with Crippen molar-refractivity contribution in [1.82, 2.24) is 4.98 Å². The van der Waals surface area contributed by atoms with Crippen LogP contribution in [-0.4, -0.2) is 4.98 Å². The molecule has 0 amide bonds. The molecule has 1 heterocycles. The molecule has 0 aliphatic rings. The molecule has 168 valence electrons. The Kier molecular flexibility index (Phi) is 4.85. The molecule has 0 spiro atoms. The summed E-state index contributed by atoms with van der Waals surface area (Å²) >= 11 is 0. The molecule has 0 N–H and O–H groups in total. The van der Waals surface area contributed by atoms with Crippen LogP contribution >= 0.6 is 0 Å². The van der Waals surface area contributed by atoms with E-state index in [2.05, 4.69) is 132 Å². The minimum Gasteiger partial charge on any atom is -0.256 e. The highest BCUT2D eigenvalue weighted by atomic mass is 14.6. The number of aromatic nitrogens is 1. The van der Waals surface area contributed by atoms with Crippen molar-refractivity contribution in [1.29, 1.82) is 0 Å². The maximum absolute atomic E-state index is 4.62. The Morgan fingerprint density at radius 3 is 1.58 bits per heavy atom. The first-order valence-corrected chi connectivity index (χ1v) is 12.3. The van der Waals surface area contributed by atoms with Gasteiger partial charge in [0, 0.05) is 11.6 Å². The van der Waals surface area contributed by atoms with E-state index < -0.39 is 0 Å². The van der Waals surface area contributed by atoms with Crippen LogP contribution in [0.2, 0.25) is 0 Å². The molecule has 0 bridgehead atoms. The maximum atomic E-state index is 4.62. The van der Waals surface area contributed by atoms with Crippen LogP contribution in [0.1, 0.15) is 0 Å². The van der Waals surface area contributed by atoms with Crippen molar-refractivity contribution < 1.29 is 0 Å². The second-order valence-corrected chi connectivity index (χ2v) is 9.23. The molecular weight excluding hydrogens is 434 g/mol. The monoisotopic (exact) mass is 457 g/mol. The third kappa shape index (κ3) is 3.45. The standard InChI is InChI=1S/C35H23N/c1-3-10-24(11-4-1)26-20-27(25-12-5-2-6-13-25)22-28(21-26)33-23-34-31(29-14-7-8-15-30(29)33)17-18-35-32(34)16-9-19-36-35/h1-23H. The SMILES string of the molecule is c1ccc(-c2cc(-c3ccccc3)cc(-c3cc4c5cccnc5ccc4c4ccccc34)c2)cc1. The summed E-state index contributed by atoms with van der Waals surface area (Å²) in [6.45, 7) is 0. The lowest BCUT2D eigenvalue weighted by Crippen LogP contribution is -1.89. The van der Waals surface area contributed by atoms with E-state index in [9.17, 15) is 0 Å². The van der Waals surface area contributed by atoms with Crippen LogP contribution < -0.4 is 0 Å². The fraction of sp³-hybridized carbons (Fsp3) is 0. The predicted molar refractivity (Wildman–Crippen MR) is 153 cm³/mol. The second kappa shape index (κ2) is 8.48. The van der Waals surface area contributed by atoms with Gasteiger partial charge in [0.1, 0.15) is 0 Å². The number of nitrogens with zero attached hydrogens (tertiary/aromatic N) is 1. The molecule has 0 radical (unpaired) electrons. The summed E-state index contributed by atoms with van der Waals surface area (Å²) in [5.74, 6) is 0. The molecule has 7 rings (SSSR count). The number of pyridine rings is 1. The molecular formula is C35H23N. The van der Waals surface area contributed by atoms with E-state index in [0.29, 0.717) is 0 Å². The summed E-state index contributed by atoms with van der Waals surface area (Å²) in [5.41, 5.74) is 8.35. The predicted octanol–water partition coefficient (Wildman–Crippen LogP) is 9.54. The quantitative estimate of drug-likeness (QED) is 0.241. The molecule has 1 heteroatoms. The highest BCUT2D eigenvalue weighted by Gasteiger charge is 2.13. The molecule has 6 aromatic carbocycles. The zero-order chi connectivity index (χ0) is 23.9. The minimum absolute atomic E-state index is 1.02. The van der Waals surface area contributed by atoms with Gasteiger partial charge < -0.3 is 0 Å². The molecule has 0 atom stereocenters. The molecule has 1 aromatic heterocycles. The minimum atomic E-state index is 1.02. The van der Waals surface area contributed by atoms with Crippen molar-refractivity contribution in [3.8, 4) is 33.4 Å². The summed E-state index contributed by atoms with van der Waals surface area (Å²) in [6, 6.07) is 47.9. The van der Waals surface area contributed by atoms with Crippen molar-refractivity contribution in [2.75, 3.05) is 0 Å². The first kappa shape index (κ1) is 20.6. The first-order chi connectivity index (χ1) is 17.8. The Hall–Kier alpha value is -4.75. The average Bonchev–Trinajstić information content (AvgIpc) is 2.97. The van der Waals surface area contributed by atoms with E-state index in [1.807, 2.05) is 12.3 Å². The van der Waals surface area contributed by atoms with Crippen molar-refractivity contribution in [2.45, 2.75) is 0 Å². The van der Waals surface area contributed by atoms with Gasteiger partial charge in [-0.2, -0.15) is 0 Å². The second-order valence-electron chi connectivity index (χ2n) is 9.23. The van der Waals surface area contributed by atoms with Gasteiger partial charge >= 0.3 is 0 Å².